The molecule has 2 rings (SSSR count). The molecule has 2 N–H and O–H groups in total. The first kappa shape index (κ1) is 18.3. The summed E-state index contributed by atoms with van der Waals surface area (Å²) < 4.78 is 0. The van der Waals surface area contributed by atoms with Gasteiger partial charge in [0.05, 0.1) is 6.54 Å². The van der Waals surface area contributed by atoms with Gasteiger partial charge in [-0.15, -0.1) is 0 Å². The van der Waals surface area contributed by atoms with E-state index in [2.05, 4.69) is 4.98 Å². The number of rotatable bonds is 7. The largest absolute Gasteiger partial charge is 0.368 e. The zero-order valence-electron chi connectivity index (χ0n) is 14.3. The molecule has 6 nitrogen and oxygen atoms in total. The molecule has 1 atom stereocenters. The quantitative estimate of drug-likeness (QED) is 0.780. The van der Waals surface area contributed by atoms with Crippen molar-refractivity contribution in [1.29, 1.82) is 0 Å². The van der Waals surface area contributed by atoms with Crippen molar-refractivity contribution < 1.29 is 14.4 Å². The number of hydrogen-bond donors (Lipinski definition) is 1. The lowest BCUT2D eigenvalue weighted by atomic mass is 10.00. The van der Waals surface area contributed by atoms with Crippen molar-refractivity contribution in [3.05, 3.63) is 66.0 Å². The smallest absolute Gasteiger partial charge is 0.273 e. The summed E-state index contributed by atoms with van der Waals surface area (Å²) in [6, 6.07) is 12.6. The van der Waals surface area contributed by atoms with Crippen LogP contribution in [0.4, 0.5) is 0 Å². The van der Waals surface area contributed by atoms with E-state index in [4.69, 9.17) is 5.73 Å². The second-order valence-corrected chi connectivity index (χ2v) is 6.03. The molecule has 0 aliphatic rings. The fraction of sp³-hybridized carbons (Fsp3) is 0.263. The third kappa shape index (κ3) is 4.50. The number of amides is 2. The molecule has 1 aromatic heterocycles. The molecule has 1 heterocycles. The molecule has 0 fully saturated rings. The second kappa shape index (κ2) is 8.19. The molecule has 2 amide bonds. The van der Waals surface area contributed by atoms with E-state index in [1.807, 2.05) is 0 Å². The third-order valence-electron chi connectivity index (χ3n) is 3.81. The fourth-order valence-electron chi connectivity index (χ4n) is 2.64. The molecule has 1 aromatic carbocycles. The Morgan fingerprint density at radius 3 is 2.20 bits per heavy atom. The van der Waals surface area contributed by atoms with Crippen LogP contribution in [0.5, 0.6) is 0 Å². The second-order valence-electron chi connectivity index (χ2n) is 6.03. The van der Waals surface area contributed by atoms with Crippen molar-refractivity contribution in [1.82, 2.24) is 9.88 Å². The molecule has 0 bridgehead atoms. The van der Waals surface area contributed by atoms with E-state index in [0.29, 0.717) is 5.56 Å². The lowest BCUT2D eigenvalue weighted by molar-refractivity contribution is -0.123. The Balaban J connectivity index is 2.36. The minimum atomic E-state index is -0.901. The first-order valence-corrected chi connectivity index (χ1v) is 8.01. The number of aromatic nitrogens is 1. The Morgan fingerprint density at radius 1 is 1.04 bits per heavy atom. The Bertz CT molecular complexity index is 745. The van der Waals surface area contributed by atoms with Crippen LogP contribution >= 0.6 is 0 Å². The van der Waals surface area contributed by atoms with Gasteiger partial charge in [0, 0.05) is 11.8 Å². The number of hydrogen-bond acceptors (Lipinski definition) is 4. The number of nitrogens with zero attached hydrogens (tertiary/aromatic N) is 2. The normalized spacial score (nSPS) is 11.8. The highest BCUT2D eigenvalue weighted by Crippen LogP contribution is 2.15. The predicted molar refractivity (Wildman–Crippen MR) is 93.9 cm³/mol. The van der Waals surface area contributed by atoms with Crippen LogP contribution in [0.15, 0.2) is 54.7 Å². The van der Waals surface area contributed by atoms with Gasteiger partial charge in [-0.25, -0.2) is 0 Å². The SMILES string of the molecule is CC(C)C(C(N)=O)N(CC(=O)c1ccccc1)C(=O)c1ccccn1. The number of primary amides is 1. The minimum Gasteiger partial charge on any atom is -0.368 e. The van der Waals surface area contributed by atoms with E-state index in [0.717, 1.165) is 0 Å². The Kier molecular flexibility index (Phi) is 6.00. The van der Waals surface area contributed by atoms with Crippen molar-refractivity contribution in [2.45, 2.75) is 19.9 Å². The van der Waals surface area contributed by atoms with Crippen LogP contribution in [-0.2, 0) is 4.79 Å². The molecule has 1 unspecified atom stereocenters. The maximum absolute atomic E-state index is 12.9. The van der Waals surface area contributed by atoms with Crippen LogP contribution in [0.2, 0.25) is 0 Å². The number of carbonyl (C=O) groups excluding carboxylic acids is 3. The van der Waals surface area contributed by atoms with E-state index in [1.165, 1.54) is 11.1 Å². The first-order valence-electron chi connectivity index (χ1n) is 8.01. The number of nitrogens with two attached hydrogens (primary N) is 1. The number of benzene rings is 1. The Labute approximate surface area is 146 Å². The highest BCUT2D eigenvalue weighted by molar-refractivity contribution is 6.03. The van der Waals surface area contributed by atoms with Gasteiger partial charge >= 0.3 is 0 Å². The standard InChI is InChI=1S/C19H21N3O3/c1-13(2)17(18(20)24)22(19(25)15-10-6-7-11-21-15)12-16(23)14-8-4-3-5-9-14/h3-11,13,17H,12H2,1-2H3,(H2,20,24). The number of carbonyl (C=O) groups is 3. The maximum atomic E-state index is 12.9. The minimum absolute atomic E-state index is 0.162. The lowest BCUT2D eigenvalue weighted by Gasteiger charge is -2.31. The number of ketones is 1. The molecular formula is C19H21N3O3. The van der Waals surface area contributed by atoms with E-state index < -0.39 is 17.9 Å². The first-order chi connectivity index (χ1) is 11.9. The van der Waals surface area contributed by atoms with E-state index in [9.17, 15) is 14.4 Å². The van der Waals surface area contributed by atoms with Crippen molar-refractivity contribution in [2.75, 3.05) is 6.54 Å². The monoisotopic (exact) mass is 339 g/mol. The summed E-state index contributed by atoms with van der Waals surface area (Å²) in [6.45, 7) is 3.31. The van der Waals surface area contributed by atoms with Gasteiger partial charge in [0.2, 0.25) is 5.91 Å². The van der Waals surface area contributed by atoms with Gasteiger partial charge in [-0.05, 0) is 18.1 Å². The summed E-state index contributed by atoms with van der Waals surface area (Å²) in [6.07, 6.45) is 1.49. The zero-order valence-corrected chi connectivity index (χ0v) is 14.3. The fourth-order valence-corrected chi connectivity index (χ4v) is 2.64. The lowest BCUT2D eigenvalue weighted by Crippen LogP contribution is -2.52. The molecular weight excluding hydrogens is 318 g/mol. The summed E-state index contributed by atoms with van der Waals surface area (Å²) in [5, 5.41) is 0. The van der Waals surface area contributed by atoms with Gasteiger partial charge in [0.1, 0.15) is 11.7 Å². The van der Waals surface area contributed by atoms with Crippen LogP contribution < -0.4 is 5.73 Å². The van der Waals surface area contributed by atoms with Crippen LogP contribution in [0, 0.1) is 5.92 Å². The van der Waals surface area contributed by atoms with Crippen molar-refractivity contribution in [3.8, 4) is 0 Å². The van der Waals surface area contributed by atoms with Gasteiger partial charge in [0.15, 0.2) is 5.78 Å². The van der Waals surface area contributed by atoms with Crippen LogP contribution in [0.3, 0.4) is 0 Å². The molecule has 2 aromatic rings. The van der Waals surface area contributed by atoms with Crippen LogP contribution in [0.1, 0.15) is 34.7 Å². The van der Waals surface area contributed by atoms with Crippen molar-refractivity contribution >= 4 is 17.6 Å². The summed E-state index contributed by atoms with van der Waals surface area (Å²) in [7, 11) is 0. The van der Waals surface area contributed by atoms with Gasteiger partial charge in [-0.1, -0.05) is 50.2 Å². The van der Waals surface area contributed by atoms with E-state index >= 15 is 0 Å². The summed E-state index contributed by atoms with van der Waals surface area (Å²) >= 11 is 0. The molecule has 0 saturated heterocycles. The van der Waals surface area contributed by atoms with E-state index in [1.54, 1.807) is 62.4 Å². The maximum Gasteiger partial charge on any atom is 0.273 e. The number of pyridine rings is 1. The highest BCUT2D eigenvalue weighted by atomic mass is 16.2. The summed E-state index contributed by atoms with van der Waals surface area (Å²) in [5.41, 5.74) is 6.13. The van der Waals surface area contributed by atoms with Gasteiger partial charge in [-0.3, -0.25) is 19.4 Å². The zero-order chi connectivity index (χ0) is 18.4. The van der Waals surface area contributed by atoms with Gasteiger partial charge < -0.3 is 10.6 Å². The highest BCUT2D eigenvalue weighted by Gasteiger charge is 2.33. The van der Waals surface area contributed by atoms with Crippen molar-refractivity contribution in [3.63, 3.8) is 0 Å². The molecule has 130 valence electrons. The molecule has 0 aliphatic heterocycles. The predicted octanol–water partition coefficient (Wildman–Crippen LogP) is 1.92. The molecule has 0 saturated carbocycles. The number of Topliss-reactive ketones (excluding diaryl/α,β-unsaturated/α-hetero) is 1. The molecule has 6 heteroatoms. The summed E-state index contributed by atoms with van der Waals surface area (Å²) in [5.74, 6) is -1.66. The molecule has 0 aliphatic carbocycles. The molecule has 0 spiro atoms. The Hall–Kier alpha value is -3.02. The third-order valence-corrected chi connectivity index (χ3v) is 3.81. The van der Waals surface area contributed by atoms with Gasteiger partial charge in [-0.2, -0.15) is 0 Å². The topological polar surface area (TPSA) is 93.4 Å². The van der Waals surface area contributed by atoms with Crippen molar-refractivity contribution in [2.24, 2.45) is 11.7 Å². The van der Waals surface area contributed by atoms with Crippen LogP contribution in [0.25, 0.3) is 0 Å². The molecule has 0 radical (unpaired) electrons. The molecule has 25 heavy (non-hydrogen) atoms. The van der Waals surface area contributed by atoms with E-state index in [-0.39, 0.29) is 23.9 Å². The average molecular weight is 339 g/mol. The summed E-state index contributed by atoms with van der Waals surface area (Å²) in [4.78, 5) is 42.6. The average Bonchev–Trinajstić information content (AvgIpc) is 2.61. The Morgan fingerprint density at radius 2 is 1.68 bits per heavy atom. The van der Waals surface area contributed by atoms with Crippen LogP contribution in [-0.4, -0.2) is 40.1 Å². The van der Waals surface area contributed by atoms with Gasteiger partial charge in [0.25, 0.3) is 5.91 Å².